The number of anilines is 1. The number of carbonyl (C=O) groups is 2. The van der Waals surface area contributed by atoms with Crippen LogP contribution >= 0.6 is 0 Å². The molecule has 2 fully saturated rings. The van der Waals surface area contributed by atoms with E-state index in [2.05, 4.69) is 125 Å². The van der Waals surface area contributed by atoms with Crippen molar-refractivity contribution in [2.45, 2.75) is 76.2 Å². The standard InChI is InChI=1S/C39H47N7O3/c1-39(2,3)29-14-16-30(17-15-29)46-33(27-10-6-25(7-11-27)31-21-40-24-43-31)18-19-34(46)28-12-8-26(9-13-28)32-22-41-37(44-32)35-5-4-20-45(35)36(47)23-42-38(48)49/h6-17,21-22,33-35,37,40-44H,4-5,18-20,23-24H2,1-3H3,(H,48,49)/t33-,34-,35+,37?/m1/s1. The van der Waals surface area contributed by atoms with Gasteiger partial charge in [-0.1, -0.05) is 81.4 Å². The van der Waals surface area contributed by atoms with Crippen LogP contribution in [0.15, 0.2) is 85.2 Å². The second kappa shape index (κ2) is 13.4. The van der Waals surface area contributed by atoms with Crippen molar-refractivity contribution in [1.82, 2.24) is 31.5 Å². The van der Waals surface area contributed by atoms with Crippen molar-refractivity contribution in [1.29, 1.82) is 0 Å². The molecule has 256 valence electrons. The Bertz CT molecular complexity index is 1730. The van der Waals surface area contributed by atoms with Gasteiger partial charge in [0.05, 0.1) is 36.2 Å². The molecule has 0 aliphatic carbocycles. The van der Waals surface area contributed by atoms with Crippen molar-refractivity contribution in [2.24, 2.45) is 0 Å². The third kappa shape index (κ3) is 6.77. The molecule has 3 aromatic carbocycles. The Morgan fingerprint density at radius 3 is 2.04 bits per heavy atom. The molecule has 10 nitrogen and oxygen atoms in total. The van der Waals surface area contributed by atoms with Gasteiger partial charge < -0.3 is 41.5 Å². The van der Waals surface area contributed by atoms with Crippen molar-refractivity contribution >= 4 is 29.1 Å². The molecule has 2 saturated heterocycles. The zero-order chi connectivity index (χ0) is 34.1. The van der Waals surface area contributed by atoms with Crippen LogP contribution in [0.3, 0.4) is 0 Å². The maximum Gasteiger partial charge on any atom is 0.405 e. The Hall–Kier alpha value is -5.12. The van der Waals surface area contributed by atoms with Gasteiger partial charge in [0.15, 0.2) is 0 Å². The Labute approximate surface area is 288 Å². The molecular formula is C39H47N7O3. The van der Waals surface area contributed by atoms with E-state index >= 15 is 0 Å². The summed E-state index contributed by atoms with van der Waals surface area (Å²) in [5, 5.41) is 24.8. The van der Waals surface area contributed by atoms with Gasteiger partial charge in [0.2, 0.25) is 5.91 Å². The fourth-order valence-electron chi connectivity index (χ4n) is 7.76. The fraction of sp³-hybridized carbons (Fsp3) is 0.385. The van der Waals surface area contributed by atoms with E-state index in [-0.39, 0.29) is 42.2 Å². The molecule has 6 N–H and O–H groups in total. The Morgan fingerprint density at radius 2 is 1.47 bits per heavy atom. The van der Waals surface area contributed by atoms with Crippen LogP contribution in [0.2, 0.25) is 0 Å². The minimum absolute atomic E-state index is 0.0540. The molecule has 0 saturated carbocycles. The highest BCUT2D eigenvalue weighted by Crippen LogP contribution is 2.47. The molecule has 4 aliphatic heterocycles. The summed E-state index contributed by atoms with van der Waals surface area (Å²) >= 11 is 0. The Kier molecular flexibility index (Phi) is 8.88. The summed E-state index contributed by atoms with van der Waals surface area (Å²) in [7, 11) is 0. The SMILES string of the molecule is CC(C)(C)c1ccc(N2[C@@H](c3ccc(C4=CNCN4)cc3)CC[C@@H]2c2ccc(C3=CNC([C@@H]4CCCN4C(=O)CNC(=O)O)N3)cc2)cc1. The highest BCUT2D eigenvalue weighted by Gasteiger charge is 2.38. The highest BCUT2D eigenvalue weighted by molar-refractivity contribution is 5.82. The maximum absolute atomic E-state index is 12.7. The number of benzene rings is 3. The maximum atomic E-state index is 12.7. The number of hydrogen-bond donors (Lipinski definition) is 6. The van der Waals surface area contributed by atoms with Crippen LogP contribution in [0.5, 0.6) is 0 Å². The van der Waals surface area contributed by atoms with Crippen molar-refractivity contribution in [3.8, 4) is 0 Å². The fourth-order valence-corrected chi connectivity index (χ4v) is 7.76. The zero-order valence-corrected chi connectivity index (χ0v) is 28.5. The van der Waals surface area contributed by atoms with E-state index in [1.807, 2.05) is 12.4 Å². The summed E-state index contributed by atoms with van der Waals surface area (Å²) in [5.74, 6) is -0.199. The first-order valence-corrected chi connectivity index (χ1v) is 17.4. The second-order valence-electron chi connectivity index (χ2n) is 14.5. The lowest BCUT2D eigenvalue weighted by Crippen LogP contribution is -2.53. The van der Waals surface area contributed by atoms with Crippen LogP contribution in [0, 0.1) is 0 Å². The number of rotatable bonds is 8. The molecule has 0 aromatic heterocycles. The van der Waals surface area contributed by atoms with E-state index in [0.29, 0.717) is 6.54 Å². The van der Waals surface area contributed by atoms with Gasteiger partial charge in [-0.2, -0.15) is 0 Å². The van der Waals surface area contributed by atoms with E-state index in [9.17, 15) is 9.59 Å². The molecule has 0 bridgehead atoms. The number of nitrogens with zero attached hydrogens (tertiary/aromatic N) is 2. The number of carbonyl (C=O) groups excluding carboxylic acids is 1. The largest absolute Gasteiger partial charge is 0.465 e. The summed E-state index contributed by atoms with van der Waals surface area (Å²) in [6, 6.07) is 27.5. The van der Waals surface area contributed by atoms with E-state index in [0.717, 1.165) is 49.3 Å². The third-order valence-corrected chi connectivity index (χ3v) is 10.4. The van der Waals surface area contributed by atoms with Gasteiger partial charge in [0.25, 0.3) is 0 Å². The van der Waals surface area contributed by atoms with Crippen molar-refractivity contribution in [3.63, 3.8) is 0 Å². The van der Waals surface area contributed by atoms with Gasteiger partial charge in [-0.25, -0.2) is 4.79 Å². The predicted molar refractivity (Wildman–Crippen MR) is 193 cm³/mol. The van der Waals surface area contributed by atoms with Crippen LogP contribution < -0.4 is 31.5 Å². The summed E-state index contributed by atoms with van der Waals surface area (Å²) in [6.07, 6.45) is 6.56. The lowest BCUT2D eigenvalue weighted by molar-refractivity contribution is -0.131. The summed E-state index contributed by atoms with van der Waals surface area (Å²) in [4.78, 5) is 28.0. The van der Waals surface area contributed by atoms with Gasteiger partial charge in [-0.15, -0.1) is 0 Å². The lowest BCUT2D eigenvalue weighted by atomic mass is 9.87. The molecular weight excluding hydrogens is 614 g/mol. The molecule has 4 atom stereocenters. The van der Waals surface area contributed by atoms with Gasteiger partial charge >= 0.3 is 6.09 Å². The number of amides is 2. The van der Waals surface area contributed by atoms with Gasteiger partial charge in [0.1, 0.15) is 12.7 Å². The average molecular weight is 662 g/mol. The topological polar surface area (TPSA) is 121 Å². The quantitative estimate of drug-likeness (QED) is 0.185. The van der Waals surface area contributed by atoms with Gasteiger partial charge in [-0.05, 0) is 71.0 Å². The monoisotopic (exact) mass is 661 g/mol. The molecule has 4 heterocycles. The minimum Gasteiger partial charge on any atom is -0.465 e. The van der Waals surface area contributed by atoms with Crippen LogP contribution in [0.1, 0.15) is 86.4 Å². The zero-order valence-electron chi connectivity index (χ0n) is 28.5. The van der Waals surface area contributed by atoms with Crippen LogP contribution in [0.4, 0.5) is 10.5 Å². The molecule has 1 unspecified atom stereocenters. The summed E-state index contributed by atoms with van der Waals surface area (Å²) < 4.78 is 0. The molecule has 4 aliphatic rings. The van der Waals surface area contributed by atoms with Crippen molar-refractivity contribution in [2.75, 3.05) is 24.7 Å². The van der Waals surface area contributed by atoms with E-state index in [1.165, 1.54) is 27.9 Å². The third-order valence-electron chi connectivity index (χ3n) is 10.4. The molecule has 3 aromatic rings. The highest BCUT2D eigenvalue weighted by atomic mass is 16.4. The van der Waals surface area contributed by atoms with Gasteiger partial charge in [-0.3, -0.25) is 4.79 Å². The van der Waals surface area contributed by atoms with E-state index in [1.54, 1.807) is 4.90 Å². The average Bonchev–Trinajstić information content (AvgIpc) is 3.94. The van der Waals surface area contributed by atoms with Crippen LogP contribution in [-0.4, -0.2) is 54.0 Å². The Balaban J connectivity index is 1.09. The Morgan fingerprint density at radius 1 is 0.837 bits per heavy atom. The smallest absolute Gasteiger partial charge is 0.405 e. The van der Waals surface area contributed by atoms with Crippen LogP contribution in [-0.2, 0) is 10.2 Å². The summed E-state index contributed by atoms with van der Waals surface area (Å²) in [6.45, 7) is 7.95. The lowest BCUT2D eigenvalue weighted by Gasteiger charge is -2.34. The molecule has 7 rings (SSSR count). The van der Waals surface area contributed by atoms with Gasteiger partial charge in [0, 0.05) is 24.6 Å². The number of likely N-dealkylation sites (tertiary alicyclic amines) is 1. The normalized spacial score (nSPS) is 23.2. The minimum atomic E-state index is -1.19. The van der Waals surface area contributed by atoms with Crippen LogP contribution in [0.25, 0.3) is 11.4 Å². The first-order chi connectivity index (χ1) is 23.7. The number of hydrogen-bond acceptors (Lipinski definition) is 7. The molecule has 2 amide bonds. The van der Waals surface area contributed by atoms with Crippen molar-refractivity contribution < 1.29 is 14.7 Å². The molecule has 49 heavy (non-hydrogen) atoms. The van der Waals surface area contributed by atoms with E-state index < -0.39 is 6.09 Å². The second-order valence-corrected chi connectivity index (χ2v) is 14.5. The number of carboxylic acid groups (broad SMARTS) is 1. The molecule has 0 radical (unpaired) electrons. The number of nitrogens with one attached hydrogen (secondary N) is 5. The molecule has 0 spiro atoms. The first-order valence-electron chi connectivity index (χ1n) is 17.4. The molecule has 10 heteroatoms. The summed E-state index contributed by atoms with van der Waals surface area (Å²) in [5.41, 5.74) is 9.65. The first kappa shape index (κ1) is 32.4. The predicted octanol–water partition coefficient (Wildman–Crippen LogP) is 5.59. The van der Waals surface area contributed by atoms with E-state index in [4.69, 9.17) is 5.11 Å². The van der Waals surface area contributed by atoms with Crippen molar-refractivity contribution in [3.05, 3.63) is 113 Å².